The molecule has 0 aliphatic carbocycles. The molecule has 1 aromatic carbocycles. The molecule has 8 heteroatoms. The molecule has 0 atom stereocenters. The molecule has 0 unspecified atom stereocenters. The third-order valence-electron chi connectivity index (χ3n) is 3.53. The monoisotopic (exact) mass is 328 g/mol. The Hall–Kier alpha value is -2.58. The molecule has 0 spiro atoms. The number of nitrogens with one attached hydrogen (secondary N) is 1. The number of nitrogens with zero attached hydrogens (tertiary/aromatic N) is 4. The van der Waals surface area contributed by atoms with Crippen molar-refractivity contribution in [2.45, 2.75) is 12.8 Å². The van der Waals surface area contributed by atoms with Crippen LogP contribution < -0.4 is 10.5 Å². The second kappa shape index (κ2) is 8.32. The van der Waals surface area contributed by atoms with Crippen molar-refractivity contribution in [1.29, 1.82) is 0 Å². The maximum atomic E-state index is 5.84. The Morgan fingerprint density at radius 2 is 1.96 bits per heavy atom. The van der Waals surface area contributed by atoms with Crippen molar-refractivity contribution < 1.29 is 9.47 Å². The first-order valence-corrected chi connectivity index (χ1v) is 7.90. The zero-order valence-corrected chi connectivity index (χ0v) is 13.3. The van der Waals surface area contributed by atoms with E-state index in [9.17, 15) is 0 Å². The second-order valence-corrected chi connectivity index (χ2v) is 5.25. The summed E-state index contributed by atoms with van der Waals surface area (Å²) >= 11 is 0. The van der Waals surface area contributed by atoms with E-state index in [4.69, 9.17) is 15.2 Å². The van der Waals surface area contributed by atoms with Crippen molar-refractivity contribution in [2.75, 3.05) is 26.4 Å². The van der Waals surface area contributed by atoms with Crippen molar-refractivity contribution in [3.8, 4) is 16.9 Å². The van der Waals surface area contributed by atoms with Gasteiger partial charge in [0.1, 0.15) is 17.9 Å². The molecule has 0 saturated heterocycles. The number of rotatable bonds is 9. The van der Waals surface area contributed by atoms with Gasteiger partial charge in [-0.1, -0.05) is 0 Å². The first kappa shape index (κ1) is 16.3. The van der Waals surface area contributed by atoms with Crippen molar-refractivity contribution in [1.82, 2.24) is 25.6 Å². The minimum absolute atomic E-state index is 0.447. The summed E-state index contributed by atoms with van der Waals surface area (Å²) < 4.78 is 11.4. The maximum Gasteiger partial charge on any atom is 0.154 e. The first-order valence-electron chi connectivity index (χ1n) is 7.90. The number of aromatic amines is 1. The number of ether oxygens (including phenoxy) is 2. The Bertz CT molecular complexity index is 762. The summed E-state index contributed by atoms with van der Waals surface area (Å²) in [6.45, 7) is 2.36. The van der Waals surface area contributed by atoms with E-state index in [1.165, 1.54) is 0 Å². The number of benzene rings is 1. The summed E-state index contributed by atoms with van der Waals surface area (Å²) in [5, 5.41) is 18.6. The van der Waals surface area contributed by atoms with Gasteiger partial charge in [-0.3, -0.25) is 0 Å². The van der Waals surface area contributed by atoms with Gasteiger partial charge < -0.3 is 15.2 Å². The van der Waals surface area contributed by atoms with Crippen molar-refractivity contribution >= 4 is 11.0 Å². The van der Waals surface area contributed by atoms with Crippen LogP contribution in [-0.4, -0.2) is 52.0 Å². The van der Waals surface area contributed by atoms with Crippen LogP contribution in [0.3, 0.4) is 0 Å². The molecule has 24 heavy (non-hydrogen) atoms. The molecule has 3 rings (SSSR count). The SMILES string of the molecule is NCCCCOCCOc1cc(-c2ccnnc2)cc2n[nH]nc12. The quantitative estimate of drug-likeness (QED) is 0.573. The van der Waals surface area contributed by atoms with E-state index in [1.807, 2.05) is 18.2 Å². The second-order valence-electron chi connectivity index (χ2n) is 5.25. The number of nitrogens with two attached hydrogens (primary N) is 1. The molecule has 0 radical (unpaired) electrons. The third kappa shape index (κ3) is 4.03. The number of H-pyrrole nitrogens is 1. The molecule has 3 aromatic rings. The molecule has 0 aliphatic rings. The molecule has 2 aromatic heterocycles. The number of fused-ring (bicyclic) bond motifs is 1. The standard InChI is InChI=1S/C16H20N6O2/c17-4-1-2-6-23-7-8-24-15-10-13(12-3-5-18-19-11-12)9-14-16(15)21-22-20-14/h3,5,9-11H,1-2,4,6-8,17H2,(H,20,21,22). The van der Waals surface area contributed by atoms with Gasteiger partial charge in [0, 0.05) is 12.2 Å². The van der Waals surface area contributed by atoms with Gasteiger partial charge in [0.15, 0.2) is 5.52 Å². The van der Waals surface area contributed by atoms with Crippen LogP contribution in [0.5, 0.6) is 5.75 Å². The van der Waals surface area contributed by atoms with Crippen LogP contribution in [0.2, 0.25) is 0 Å². The molecular weight excluding hydrogens is 308 g/mol. The van der Waals surface area contributed by atoms with Gasteiger partial charge in [-0.2, -0.15) is 25.6 Å². The van der Waals surface area contributed by atoms with Gasteiger partial charge in [-0.25, -0.2) is 0 Å². The highest BCUT2D eigenvalue weighted by atomic mass is 16.5. The third-order valence-corrected chi connectivity index (χ3v) is 3.53. The average Bonchev–Trinajstić information content (AvgIpc) is 3.10. The van der Waals surface area contributed by atoms with E-state index in [1.54, 1.807) is 12.4 Å². The summed E-state index contributed by atoms with van der Waals surface area (Å²) in [7, 11) is 0. The number of hydrogen-bond donors (Lipinski definition) is 2. The Kier molecular flexibility index (Phi) is 5.65. The molecule has 0 saturated carbocycles. The minimum atomic E-state index is 0.447. The lowest BCUT2D eigenvalue weighted by Gasteiger charge is -2.09. The fraction of sp³-hybridized carbons (Fsp3) is 0.375. The molecule has 0 fully saturated rings. The lowest BCUT2D eigenvalue weighted by molar-refractivity contribution is 0.0982. The fourth-order valence-corrected chi connectivity index (χ4v) is 2.32. The molecular formula is C16H20N6O2. The van der Waals surface area contributed by atoms with Gasteiger partial charge in [0.25, 0.3) is 0 Å². The van der Waals surface area contributed by atoms with E-state index in [0.717, 1.165) is 29.5 Å². The minimum Gasteiger partial charge on any atom is -0.489 e. The van der Waals surface area contributed by atoms with Gasteiger partial charge in [-0.05, 0) is 43.1 Å². The van der Waals surface area contributed by atoms with Gasteiger partial charge in [0.2, 0.25) is 0 Å². The van der Waals surface area contributed by atoms with Crippen molar-refractivity contribution in [2.24, 2.45) is 5.73 Å². The van der Waals surface area contributed by atoms with Crippen LogP contribution in [0.15, 0.2) is 30.6 Å². The zero-order chi connectivity index (χ0) is 16.6. The zero-order valence-electron chi connectivity index (χ0n) is 13.3. The predicted octanol–water partition coefficient (Wildman–Crippen LogP) is 1.55. The predicted molar refractivity (Wildman–Crippen MR) is 89.5 cm³/mol. The molecule has 2 heterocycles. The number of aromatic nitrogens is 5. The van der Waals surface area contributed by atoms with Crippen molar-refractivity contribution in [3.63, 3.8) is 0 Å². The van der Waals surface area contributed by atoms with E-state index in [0.29, 0.717) is 37.6 Å². The van der Waals surface area contributed by atoms with Crippen molar-refractivity contribution in [3.05, 3.63) is 30.6 Å². The fourth-order valence-electron chi connectivity index (χ4n) is 2.32. The van der Waals surface area contributed by atoms with Gasteiger partial charge in [0.05, 0.1) is 19.0 Å². The summed E-state index contributed by atoms with van der Waals surface area (Å²) in [6, 6.07) is 5.75. The lowest BCUT2D eigenvalue weighted by atomic mass is 10.1. The molecule has 8 nitrogen and oxygen atoms in total. The Morgan fingerprint density at radius 1 is 1.00 bits per heavy atom. The largest absolute Gasteiger partial charge is 0.489 e. The van der Waals surface area contributed by atoms with Crippen LogP contribution in [0.25, 0.3) is 22.2 Å². The van der Waals surface area contributed by atoms with E-state index >= 15 is 0 Å². The number of hydrogen-bond acceptors (Lipinski definition) is 7. The summed E-state index contributed by atoms with van der Waals surface area (Å²) in [6.07, 6.45) is 5.29. The molecule has 3 N–H and O–H groups in total. The van der Waals surface area contributed by atoms with Crippen LogP contribution in [0.4, 0.5) is 0 Å². The molecule has 0 amide bonds. The van der Waals surface area contributed by atoms with Gasteiger partial charge >= 0.3 is 0 Å². The number of unbranched alkanes of at least 4 members (excludes halogenated alkanes) is 1. The van der Waals surface area contributed by atoms with E-state index < -0.39 is 0 Å². The normalized spacial score (nSPS) is 11.0. The van der Waals surface area contributed by atoms with Crippen LogP contribution >= 0.6 is 0 Å². The Morgan fingerprint density at radius 3 is 2.79 bits per heavy atom. The van der Waals surface area contributed by atoms with Gasteiger partial charge in [-0.15, -0.1) is 0 Å². The average molecular weight is 328 g/mol. The highest BCUT2D eigenvalue weighted by molar-refractivity contribution is 5.86. The Labute approximate surface area is 139 Å². The van der Waals surface area contributed by atoms with Crippen LogP contribution in [0.1, 0.15) is 12.8 Å². The lowest BCUT2D eigenvalue weighted by Crippen LogP contribution is -2.09. The van der Waals surface area contributed by atoms with Crippen LogP contribution in [-0.2, 0) is 4.74 Å². The van der Waals surface area contributed by atoms with Crippen LogP contribution in [0, 0.1) is 0 Å². The Balaban J connectivity index is 1.67. The molecule has 126 valence electrons. The topological polar surface area (TPSA) is 112 Å². The van der Waals surface area contributed by atoms with E-state index in [-0.39, 0.29) is 0 Å². The summed E-state index contributed by atoms with van der Waals surface area (Å²) in [5.41, 5.74) is 8.77. The summed E-state index contributed by atoms with van der Waals surface area (Å²) in [5.74, 6) is 0.665. The highest BCUT2D eigenvalue weighted by Crippen LogP contribution is 2.29. The highest BCUT2D eigenvalue weighted by Gasteiger charge is 2.10. The smallest absolute Gasteiger partial charge is 0.154 e. The van der Waals surface area contributed by atoms with E-state index in [2.05, 4.69) is 25.6 Å². The first-order chi connectivity index (χ1) is 11.9. The molecule has 0 bridgehead atoms. The summed E-state index contributed by atoms with van der Waals surface area (Å²) in [4.78, 5) is 0. The molecule has 0 aliphatic heterocycles. The maximum absolute atomic E-state index is 5.84.